The fourth-order valence-corrected chi connectivity index (χ4v) is 2.50. The fourth-order valence-electron chi connectivity index (χ4n) is 2.50. The first-order valence-corrected chi connectivity index (χ1v) is 8.57. The van der Waals surface area contributed by atoms with Crippen LogP contribution in [0.3, 0.4) is 0 Å². The molecule has 0 spiro atoms. The number of carbonyl (C=O) groups excluding carboxylic acids is 1. The zero-order valence-electron chi connectivity index (χ0n) is 15.6. The Morgan fingerprint density at radius 3 is 2.55 bits per heavy atom. The van der Waals surface area contributed by atoms with E-state index in [1.165, 1.54) is 25.3 Å². The SMILES string of the molecule is COC(=O)CN(Cc1cccc(OCCC#N)c1)c1cccc(OC(F)(F)F)c1. The number of rotatable bonds is 9. The molecule has 0 fully saturated rings. The summed E-state index contributed by atoms with van der Waals surface area (Å²) in [6.07, 6.45) is -4.58. The van der Waals surface area contributed by atoms with Crippen LogP contribution >= 0.6 is 0 Å². The predicted octanol–water partition coefficient (Wildman–Crippen LogP) is 4.06. The Labute approximate surface area is 166 Å². The van der Waals surface area contributed by atoms with E-state index in [1.54, 1.807) is 35.2 Å². The van der Waals surface area contributed by atoms with Gasteiger partial charge in [0.05, 0.1) is 19.6 Å². The molecule has 2 aromatic rings. The molecule has 9 heteroatoms. The third-order valence-corrected chi connectivity index (χ3v) is 3.72. The van der Waals surface area contributed by atoms with Gasteiger partial charge in [-0.2, -0.15) is 5.26 Å². The second-order valence-electron chi connectivity index (χ2n) is 5.88. The van der Waals surface area contributed by atoms with Crippen molar-refractivity contribution in [1.82, 2.24) is 0 Å². The van der Waals surface area contributed by atoms with Gasteiger partial charge in [0.1, 0.15) is 24.7 Å². The second kappa shape index (κ2) is 10.2. The van der Waals surface area contributed by atoms with Gasteiger partial charge in [-0.15, -0.1) is 13.2 Å². The number of methoxy groups -OCH3 is 1. The third kappa shape index (κ3) is 7.62. The Kier molecular flexibility index (Phi) is 7.71. The minimum absolute atomic E-state index is 0.175. The summed E-state index contributed by atoms with van der Waals surface area (Å²) in [6, 6.07) is 14.3. The smallest absolute Gasteiger partial charge is 0.493 e. The summed E-state index contributed by atoms with van der Waals surface area (Å²) in [7, 11) is 1.23. The van der Waals surface area contributed by atoms with Crippen molar-refractivity contribution < 1.29 is 32.2 Å². The highest BCUT2D eigenvalue weighted by molar-refractivity contribution is 5.76. The topological polar surface area (TPSA) is 71.8 Å². The maximum absolute atomic E-state index is 12.5. The lowest BCUT2D eigenvalue weighted by atomic mass is 10.1. The van der Waals surface area contributed by atoms with E-state index in [2.05, 4.69) is 4.74 Å². The molecule has 0 aliphatic rings. The van der Waals surface area contributed by atoms with Crippen LogP contribution in [0.1, 0.15) is 12.0 Å². The van der Waals surface area contributed by atoms with Crippen LogP contribution in [0.15, 0.2) is 48.5 Å². The molecule has 6 nitrogen and oxygen atoms in total. The number of benzene rings is 2. The van der Waals surface area contributed by atoms with Crippen molar-refractivity contribution in [3.8, 4) is 17.6 Å². The Morgan fingerprint density at radius 1 is 1.14 bits per heavy atom. The van der Waals surface area contributed by atoms with E-state index in [-0.39, 0.29) is 26.1 Å². The molecule has 0 saturated carbocycles. The van der Waals surface area contributed by atoms with Gasteiger partial charge in [0.2, 0.25) is 0 Å². The average Bonchev–Trinajstić information content (AvgIpc) is 2.67. The highest BCUT2D eigenvalue weighted by Gasteiger charge is 2.31. The molecule has 154 valence electrons. The summed E-state index contributed by atoms with van der Waals surface area (Å²) in [4.78, 5) is 13.4. The van der Waals surface area contributed by atoms with Gasteiger partial charge in [-0.3, -0.25) is 4.79 Å². The Hall–Kier alpha value is -3.41. The third-order valence-electron chi connectivity index (χ3n) is 3.72. The number of alkyl halides is 3. The van der Waals surface area contributed by atoms with Gasteiger partial charge in [-0.25, -0.2) is 0 Å². The van der Waals surface area contributed by atoms with Crippen LogP contribution in [0.5, 0.6) is 11.5 Å². The lowest BCUT2D eigenvalue weighted by Crippen LogP contribution is -2.30. The number of esters is 1. The number of halogens is 3. The van der Waals surface area contributed by atoms with Gasteiger partial charge in [0.15, 0.2) is 0 Å². The summed E-state index contributed by atoms with van der Waals surface area (Å²) in [5.74, 6) is -0.392. The highest BCUT2D eigenvalue weighted by atomic mass is 19.4. The lowest BCUT2D eigenvalue weighted by Gasteiger charge is -2.24. The molecule has 0 heterocycles. The number of nitriles is 1. The molecule has 0 saturated heterocycles. The molecule has 0 unspecified atom stereocenters. The molecule has 0 amide bonds. The van der Waals surface area contributed by atoms with Crippen LogP contribution in [0, 0.1) is 11.3 Å². The first-order valence-electron chi connectivity index (χ1n) is 8.57. The summed E-state index contributed by atoms with van der Waals surface area (Å²) < 4.78 is 51.7. The molecular formula is C20H19F3N2O4. The molecule has 0 radical (unpaired) electrons. The molecule has 0 aliphatic carbocycles. The van der Waals surface area contributed by atoms with Crippen LogP contribution in [-0.4, -0.2) is 32.6 Å². The van der Waals surface area contributed by atoms with Crippen LogP contribution in [0.25, 0.3) is 0 Å². The molecule has 0 bridgehead atoms. The molecule has 0 aliphatic heterocycles. The molecular weight excluding hydrogens is 389 g/mol. The van der Waals surface area contributed by atoms with Gasteiger partial charge in [-0.05, 0) is 29.8 Å². The van der Waals surface area contributed by atoms with Crippen LogP contribution < -0.4 is 14.4 Å². The van der Waals surface area contributed by atoms with E-state index in [4.69, 9.17) is 14.7 Å². The number of ether oxygens (including phenoxy) is 3. The molecule has 0 atom stereocenters. The Bertz CT molecular complexity index is 865. The van der Waals surface area contributed by atoms with Gasteiger partial charge in [0, 0.05) is 18.3 Å². The van der Waals surface area contributed by atoms with Crippen molar-refractivity contribution in [2.75, 3.05) is 25.2 Å². The van der Waals surface area contributed by atoms with Crippen LogP contribution in [0.2, 0.25) is 0 Å². The lowest BCUT2D eigenvalue weighted by molar-refractivity contribution is -0.274. The first kappa shape index (κ1) is 21.9. The molecule has 2 aromatic carbocycles. The number of carbonyl (C=O) groups is 1. The maximum Gasteiger partial charge on any atom is 0.573 e. The summed E-state index contributed by atoms with van der Waals surface area (Å²) >= 11 is 0. The zero-order chi connectivity index (χ0) is 21.3. The number of anilines is 1. The summed E-state index contributed by atoms with van der Waals surface area (Å²) in [5, 5.41) is 8.58. The summed E-state index contributed by atoms with van der Waals surface area (Å²) in [5.41, 5.74) is 1.11. The first-order chi connectivity index (χ1) is 13.8. The Balaban J connectivity index is 2.23. The minimum Gasteiger partial charge on any atom is -0.493 e. The standard InChI is InChI=1S/C20H19F3N2O4/c1-27-19(26)14-25(16-6-3-8-18(12-16)29-20(21,22)23)13-15-5-2-7-17(11-15)28-10-4-9-24/h2-3,5-8,11-12H,4,10,13-14H2,1H3. The van der Waals surface area contributed by atoms with E-state index < -0.39 is 18.1 Å². The highest BCUT2D eigenvalue weighted by Crippen LogP contribution is 2.28. The van der Waals surface area contributed by atoms with Gasteiger partial charge in [-0.1, -0.05) is 18.2 Å². The van der Waals surface area contributed by atoms with Crippen molar-refractivity contribution in [1.29, 1.82) is 5.26 Å². The zero-order valence-corrected chi connectivity index (χ0v) is 15.6. The largest absolute Gasteiger partial charge is 0.573 e. The van der Waals surface area contributed by atoms with Crippen LogP contribution in [-0.2, 0) is 16.1 Å². The van der Waals surface area contributed by atoms with Crippen molar-refractivity contribution in [2.45, 2.75) is 19.3 Å². The quantitative estimate of drug-likeness (QED) is 0.460. The van der Waals surface area contributed by atoms with E-state index >= 15 is 0 Å². The number of hydrogen-bond donors (Lipinski definition) is 0. The Morgan fingerprint density at radius 2 is 1.86 bits per heavy atom. The number of nitrogens with zero attached hydrogens (tertiary/aromatic N) is 2. The molecule has 29 heavy (non-hydrogen) atoms. The van der Waals surface area contributed by atoms with Crippen molar-refractivity contribution in [3.05, 3.63) is 54.1 Å². The normalized spacial score (nSPS) is 10.7. The maximum atomic E-state index is 12.5. The van der Waals surface area contributed by atoms with E-state index in [0.29, 0.717) is 11.4 Å². The van der Waals surface area contributed by atoms with Crippen molar-refractivity contribution in [2.24, 2.45) is 0 Å². The second-order valence-corrected chi connectivity index (χ2v) is 5.88. The van der Waals surface area contributed by atoms with E-state index in [0.717, 1.165) is 5.56 Å². The minimum atomic E-state index is -4.82. The molecule has 0 aromatic heterocycles. The predicted molar refractivity (Wildman–Crippen MR) is 98.4 cm³/mol. The molecule has 2 rings (SSSR count). The fraction of sp³-hybridized carbons (Fsp3) is 0.300. The van der Waals surface area contributed by atoms with Crippen molar-refractivity contribution in [3.63, 3.8) is 0 Å². The van der Waals surface area contributed by atoms with Gasteiger partial charge in [0.25, 0.3) is 0 Å². The monoisotopic (exact) mass is 408 g/mol. The van der Waals surface area contributed by atoms with Crippen LogP contribution in [0.4, 0.5) is 18.9 Å². The van der Waals surface area contributed by atoms with Crippen molar-refractivity contribution >= 4 is 11.7 Å². The summed E-state index contributed by atoms with van der Waals surface area (Å²) in [6.45, 7) is 0.272. The molecule has 0 N–H and O–H groups in total. The average molecular weight is 408 g/mol. The van der Waals surface area contributed by atoms with E-state index in [9.17, 15) is 18.0 Å². The van der Waals surface area contributed by atoms with Gasteiger partial charge >= 0.3 is 12.3 Å². The number of hydrogen-bond acceptors (Lipinski definition) is 6. The van der Waals surface area contributed by atoms with Gasteiger partial charge < -0.3 is 19.1 Å². The van der Waals surface area contributed by atoms with E-state index in [1.807, 2.05) is 6.07 Å².